The van der Waals surface area contributed by atoms with E-state index in [-0.39, 0.29) is 12.6 Å². The summed E-state index contributed by atoms with van der Waals surface area (Å²) in [4.78, 5) is 0. The molecule has 0 radical (unpaired) electrons. The van der Waals surface area contributed by atoms with Gasteiger partial charge in [-0.2, -0.15) is 5.10 Å². The van der Waals surface area contributed by atoms with Gasteiger partial charge < -0.3 is 10.4 Å². The van der Waals surface area contributed by atoms with Crippen LogP contribution in [-0.2, 0) is 6.54 Å². The van der Waals surface area contributed by atoms with Crippen molar-refractivity contribution in [1.82, 2.24) is 15.1 Å². The standard InChI is InChI=1S/C11H21N3O/c1-10(2)8-11(9-15)12-5-7-14-6-3-4-13-14/h3-4,6,10-12,15H,5,7-9H2,1-2H3. The lowest BCUT2D eigenvalue weighted by Gasteiger charge is -2.18. The van der Waals surface area contributed by atoms with Crippen LogP contribution in [0.25, 0.3) is 0 Å². The summed E-state index contributed by atoms with van der Waals surface area (Å²) in [6, 6.07) is 2.12. The van der Waals surface area contributed by atoms with Gasteiger partial charge in [0.2, 0.25) is 0 Å². The lowest BCUT2D eigenvalue weighted by atomic mass is 10.0. The molecule has 1 rings (SSSR count). The molecular weight excluding hydrogens is 190 g/mol. The molecule has 0 aliphatic carbocycles. The molecule has 0 aliphatic rings. The number of rotatable bonds is 7. The number of nitrogens with one attached hydrogen (secondary N) is 1. The van der Waals surface area contributed by atoms with E-state index in [0.717, 1.165) is 19.5 Å². The van der Waals surface area contributed by atoms with E-state index in [1.165, 1.54) is 0 Å². The van der Waals surface area contributed by atoms with Crippen LogP contribution in [0.4, 0.5) is 0 Å². The molecule has 4 nitrogen and oxygen atoms in total. The van der Waals surface area contributed by atoms with Crippen molar-refractivity contribution in [3.8, 4) is 0 Å². The molecule has 0 bridgehead atoms. The first kappa shape index (κ1) is 12.2. The molecule has 2 N–H and O–H groups in total. The Labute approximate surface area is 91.3 Å². The number of hydrogen-bond donors (Lipinski definition) is 2. The summed E-state index contributed by atoms with van der Waals surface area (Å²) in [5.41, 5.74) is 0. The monoisotopic (exact) mass is 211 g/mol. The van der Waals surface area contributed by atoms with Gasteiger partial charge in [-0.25, -0.2) is 0 Å². The number of aliphatic hydroxyl groups is 1. The van der Waals surface area contributed by atoms with E-state index >= 15 is 0 Å². The maximum Gasteiger partial charge on any atom is 0.0584 e. The van der Waals surface area contributed by atoms with Gasteiger partial charge in [-0.15, -0.1) is 0 Å². The van der Waals surface area contributed by atoms with Crippen molar-refractivity contribution in [1.29, 1.82) is 0 Å². The van der Waals surface area contributed by atoms with Crippen molar-refractivity contribution in [3.05, 3.63) is 18.5 Å². The molecule has 1 aromatic rings. The zero-order valence-electron chi connectivity index (χ0n) is 9.56. The summed E-state index contributed by atoms with van der Waals surface area (Å²) in [7, 11) is 0. The summed E-state index contributed by atoms with van der Waals surface area (Å²) in [6.07, 6.45) is 4.73. The molecule has 0 fully saturated rings. The number of nitrogens with zero attached hydrogens (tertiary/aromatic N) is 2. The highest BCUT2D eigenvalue weighted by atomic mass is 16.3. The Morgan fingerprint density at radius 1 is 1.47 bits per heavy atom. The van der Waals surface area contributed by atoms with Gasteiger partial charge >= 0.3 is 0 Å². The second kappa shape index (κ2) is 6.58. The Balaban J connectivity index is 2.17. The Kier molecular flexibility index (Phi) is 5.36. The zero-order chi connectivity index (χ0) is 11.1. The van der Waals surface area contributed by atoms with Crippen LogP contribution in [-0.4, -0.2) is 34.1 Å². The van der Waals surface area contributed by atoms with Crippen LogP contribution in [0.5, 0.6) is 0 Å². The number of hydrogen-bond acceptors (Lipinski definition) is 3. The molecular formula is C11H21N3O. The van der Waals surface area contributed by atoms with E-state index in [1.54, 1.807) is 6.20 Å². The van der Waals surface area contributed by atoms with Crippen LogP contribution >= 0.6 is 0 Å². The maximum absolute atomic E-state index is 9.15. The fourth-order valence-electron chi connectivity index (χ4n) is 1.61. The highest BCUT2D eigenvalue weighted by Gasteiger charge is 2.08. The van der Waals surface area contributed by atoms with Crippen molar-refractivity contribution in [2.24, 2.45) is 5.92 Å². The molecule has 1 heterocycles. The Bertz CT molecular complexity index is 246. The normalized spacial score (nSPS) is 13.3. The van der Waals surface area contributed by atoms with Gasteiger partial charge in [-0.05, 0) is 18.4 Å². The van der Waals surface area contributed by atoms with Gasteiger partial charge in [0.15, 0.2) is 0 Å². The van der Waals surface area contributed by atoms with Crippen molar-refractivity contribution in [2.45, 2.75) is 32.9 Å². The van der Waals surface area contributed by atoms with Gasteiger partial charge in [0.25, 0.3) is 0 Å². The van der Waals surface area contributed by atoms with E-state index in [9.17, 15) is 0 Å². The lowest BCUT2D eigenvalue weighted by molar-refractivity contribution is 0.223. The minimum atomic E-state index is 0.206. The molecule has 4 heteroatoms. The summed E-state index contributed by atoms with van der Waals surface area (Å²) in [6.45, 7) is 6.23. The summed E-state index contributed by atoms with van der Waals surface area (Å²) in [5, 5.41) is 16.6. The van der Waals surface area contributed by atoms with Crippen LogP contribution in [0.15, 0.2) is 18.5 Å². The van der Waals surface area contributed by atoms with Crippen LogP contribution in [0.2, 0.25) is 0 Å². The quantitative estimate of drug-likeness (QED) is 0.704. The molecule has 1 aromatic heterocycles. The van der Waals surface area contributed by atoms with Crippen LogP contribution in [0.3, 0.4) is 0 Å². The first-order chi connectivity index (χ1) is 7.22. The van der Waals surface area contributed by atoms with Gasteiger partial charge in [0, 0.05) is 25.0 Å². The van der Waals surface area contributed by atoms with Crippen LogP contribution in [0.1, 0.15) is 20.3 Å². The van der Waals surface area contributed by atoms with Gasteiger partial charge in [0.05, 0.1) is 13.2 Å². The second-order valence-corrected chi connectivity index (χ2v) is 4.23. The SMILES string of the molecule is CC(C)CC(CO)NCCn1cccn1. The van der Waals surface area contributed by atoms with E-state index in [1.807, 2.05) is 16.9 Å². The predicted molar refractivity (Wildman–Crippen MR) is 60.6 cm³/mol. The fraction of sp³-hybridized carbons (Fsp3) is 0.727. The van der Waals surface area contributed by atoms with Crippen LogP contribution < -0.4 is 5.32 Å². The molecule has 1 unspecified atom stereocenters. The molecule has 0 amide bonds. The average molecular weight is 211 g/mol. The molecule has 0 spiro atoms. The summed E-state index contributed by atoms with van der Waals surface area (Å²) >= 11 is 0. The van der Waals surface area contributed by atoms with Gasteiger partial charge in [0.1, 0.15) is 0 Å². The molecule has 1 atom stereocenters. The highest BCUT2D eigenvalue weighted by Crippen LogP contribution is 2.03. The number of aromatic nitrogens is 2. The van der Waals surface area contributed by atoms with Crippen LogP contribution in [0, 0.1) is 5.92 Å². The van der Waals surface area contributed by atoms with E-state index in [0.29, 0.717) is 5.92 Å². The second-order valence-electron chi connectivity index (χ2n) is 4.23. The molecule has 0 aliphatic heterocycles. The van der Waals surface area contributed by atoms with Crippen molar-refractivity contribution in [3.63, 3.8) is 0 Å². The minimum absolute atomic E-state index is 0.206. The smallest absolute Gasteiger partial charge is 0.0584 e. The molecule has 0 aromatic carbocycles. The minimum Gasteiger partial charge on any atom is -0.395 e. The Morgan fingerprint density at radius 2 is 2.27 bits per heavy atom. The van der Waals surface area contributed by atoms with Gasteiger partial charge in [-0.1, -0.05) is 13.8 Å². The topological polar surface area (TPSA) is 50.1 Å². The molecule has 0 saturated carbocycles. The van der Waals surface area contributed by atoms with Crippen molar-refractivity contribution < 1.29 is 5.11 Å². The Hall–Kier alpha value is -0.870. The largest absolute Gasteiger partial charge is 0.395 e. The molecule has 86 valence electrons. The first-order valence-electron chi connectivity index (χ1n) is 5.54. The van der Waals surface area contributed by atoms with E-state index < -0.39 is 0 Å². The Morgan fingerprint density at radius 3 is 2.80 bits per heavy atom. The summed E-state index contributed by atoms with van der Waals surface area (Å²) in [5.74, 6) is 0.611. The number of aliphatic hydroxyl groups excluding tert-OH is 1. The van der Waals surface area contributed by atoms with Gasteiger partial charge in [-0.3, -0.25) is 4.68 Å². The predicted octanol–water partition coefficient (Wildman–Crippen LogP) is 0.880. The fourth-order valence-corrected chi connectivity index (χ4v) is 1.61. The third kappa shape index (κ3) is 4.95. The van der Waals surface area contributed by atoms with Crippen molar-refractivity contribution >= 4 is 0 Å². The third-order valence-electron chi connectivity index (χ3n) is 2.31. The zero-order valence-corrected chi connectivity index (χ0v) is 9.56. The van der Waals surface area contributed by atoms with E-state index in [4.69, 9.17) is 5.11 Å². The molecule has 0 saturated heterocycles. The summed E-state index contributed by atoms with van der Waals surface area (Å²) < 4.78 is 1.89. The molecule has 15 heavy (non-hydrogen) atoms. The van der Waals surface area contributed by atoms with Crippen molar-refractivity contribution in [2.75, 3.05) is 13.2 Å². The van der Waals surface area contributed by atoms with E-state index in [2.05, 4.69) is 24.3 Å². The first-order valence-corrected chi connectivity index (χ1v) is 5.54. The lowest BCUT2D eigenvalue weighted by Crippen LogP contribution is -2.35. The highest BCUT2D eigenvalue weighted by molar-refractivity contribution is 4.78. The average Bonchev–Trinajstić information content (AvgIpc) is 2.68. The third-order valence-corrected chi connectivity index (χ3v) is 2.31. The maximum atomic E-state index is 9.15.